The summed E-state index contributed by atoms with van der Waals surface area (Å²) in [4.78, 5) is 26.7. The van der Waals surface area contributed by atoms with Crippen LogP contribution in [0, 0.1) is 5.92 Å². The van der Waals surface area contributed by atoms with E-state index in [1.807, 2.05) is 49.4 Å². The predicted molar refractivity (Wildman–Crippen MR) is 94.3 cm³/mol. The Kier molecular flexibility index (Phi) is 5.00. The van der Waals surface area contributed by atoms with Crippen molar-refractivity contribution < 1.29 is 9.59 Å². The van der Waals surface area contributed by atoms with Crippen LogP contribution in [-0.4, -0.2) is 42.0 Å². The lowest BCUT2D eigenvalue weighted by atomic mass is 9.76. The van der Waals surface area contributed by atoms with Gasteiger partial charge in [0.25, 0.3) is 5.91 Å². The van der Waals surface area contributed by atoms with Gasteiger partial charge in [-0.25, -0.2) is 4.79 Å². The van der Waals surface area contributed by atoms with Crippen LogP contribution in [0.15, 0.2) is 36.4 Å². The van der Waals surface area contributed by atoms with Crippen molar-refractivity contribution in [1.29, 1.82) is 0 Å². The number of nitrogens with zero attached hydrogens (tertiary/aromatic N) is 1. The maximum Gasteiger partial charge on any atom is 0.325 e. The number of piperidine rings is 1. The van der Waals surface area contributed by atoms with E-state index in [1.54, 1.807) is 0 Å². The van der Waals surface area contributed by atoms with Crippen LogP contribution in [0.4, 0.5) is 4.79 Å². The molecule has 0 bridgehead atoms. The Morgan fingerprint density at radius 2 is 1.92 bits per heavy atom. The molecule has 2 aliphatic rings. The first-order chi connectivity index (χ1) is 11.7. The zero-order valence-corrected chi connectivity index (χ0v) is 14.1. The molecule has 0 aliphatic carbocycles. The van der Waals surface area contributed by atoms with Crippen LogP contribution >= 0.6 is 0 Å². The molecule has 1 aromatic carbocycles. The maximum atomic E-state index is 13.0. The molecule has 1 aromatic rings. The minimum absolute atomic E-state index is 0.0698. The second-order valence-electron chi connectivity index (χ2n) is 6.51. The number of hydrogen-bond acceptors (Lipinski definition) is 3. The normalized spacial score (nSPS) is 25.5. The van der Waals surface area contributed by atoms with Gasteiger partial charge in [0.2, 0.25) is 0 Å². The highest BCUT2D eigenvalue weighted by Crippen LogP contribution is 2.34. The van der Waals surface area contributed by atoms with E-state index in [0.29, 0.717) is 13.0 Å². The number of carbonyl (C=O) groups is 2. The van der Waals surface area contributed by atoms with Crippen molar-refractivity contribution in [3.8, 4) is 0 Å². The lowest BCUT2D eigenvalue weighted by molar-refractivity contribution is -0.133. The standard InChI is InChI=1S/C19H25N3O2/c1-2-19(16-10-12-20-13-11-16)17(23)22(18(24)21-19)14-6-9-15-7-4-3-5-8-15/h3-9,16,20H,2,10-14H2,1H3,(H,21,24)/b9-6+. The molecule has 0 spiro atoms. The van der Waals surface area contributed by atoms with Gasteiger partial charge in [-0.3, -0.25) is 9.69 Å². The summed E-state index contributed by atoms with van der Waals surface area (Å²) in [6, 6.07) is 9.61. The summed E-state index contributed by atoms with van der Waals surface area (Å²) < 4.78 is 0. The Morgan fingerprint density at radius 1 is 1.21 bits per heavy atom. The van der Waals surface area contributed by atoms with E-state index in [4.69, 9.17) is 0 Å². The third kappa shape index (κ3) is 3.08. The molecule has 5 heteroatoms. The van der Waals surface area contributed by atoms with E-state index < -0.39 is 5.54 Å². The minimum Gasteiger partial charge on any atom is -0.323 e. The topological polar surface area (TPSA) is 61.4 Å². The summed E-state index contributed by atoms with van der Waals surface area (Å²) in [7, 11) is 0. The Hall–Kier alpha value is -2.14. The average molecular weight is 327 g/mol. The van der Waals surface area contributed by atoms with E-state index in [1.165, 1.54) is 4.90 Å². The number of carbonyl (C=O) groups excluding carboxylic acids is 2. The SMILES string of the molecule is CCC1(C2CCNCC2)NC(=O)N(C/C=C/c2ccccc2)C1=O. The van der Waals surface area contributed by atoms with Crippen LogP contribution in [-0.2, 0) is 4.79 Å². The highest BCUT2D eigenvalue weighted by Gasteiger charge is 2.54. The highest BCUT2D eigenvalue weighted by atomic mass is 16.2. The monoisotopic (exact) mass is 327 g/mol. The molecule has 3 rings (SSSR count). The number of hydrogen-bond donors (Lipinski definition) is 2. The average Bonchev–Trinajstić information content (AvgIpc) is 2.88. The Labute approximate surface area is 143 Å². The molecule has 5 nitrogen and oxygen atoms in total. The Morgan fingerprint density at radius 3 is 2.58 bits per heavy atom. The van der Waals surface area contributed by atoms with Gasteiger partial charge in [-0.15, -0.1) is 0 Å². The van der Waals surface area contributed by atoms with Gasteiger partial charge in [0.1, 0.15) is 5.54 Å². The number of nitrogens with one attached hydrogen (secondary N) is 2. The van der Waals surface area contributed by atoms with E-state index in [2.05, 4.69) is 10.6 Å². The largest absolute Gasteiger partial charge is 0.325 e. The number of imide groups is 1. The lowest BCUT2D eigenvalue weighted by Crippen LogP contribution is -2.55. The Balaban J connectivity index is 1.72. The minimum atomic E-state index is -0.722. The first kappa shape index (κ1) is 16.7. The van der Waals surface area contributed by atoms with Crippen LogP contribution in [0.25, 0.3) is 6.08 Å². The molecule has 2 saturated heterocycles. The molecule has 0 radical (unpaired) electrons. The van der Waals surface area contributed by atoms with Gasteiger partial charge in [0, 0.05) is 6.54 Å². The van der Waals surface area contributed by atoms with Crippen molar-refractivity contribution in [2.45, 2.75) is 31.7 Å². The molecule has 2 N–H and O–H groups in total. The highest BCUT2D eigenvalue weighted by molar-refractivity contribution is 6.07. The summed E-state index contributed by atoms with van der Waals surface area (Å²) in [5.74, 6) is 0.142. The summed E-state index contributed by atoms with van der Waals surface area (Å²) in [6.07, 6.45) is 6.31. The molecular weight excluding hydrogens is 302 g/mol. The summed E-state index contributed by atoms with van der Waals surface area (Å²) in [5.41, 5.74) is 0.337. The molecule has 24 heavy (non-hydrogen) atoms. The lowest BCUT2D eigenvalue weighted by Gasteiger charge is -2.37. The smallest absolute Gasteiger partial charge is 0.323 e. The third-order valence-corrected chi connectivity index (χ3v) is 5.19. The fraction of sp³-hybridized carbons (Fsp3) is 0.474. The van der Waals surface area contributed by atoms with Crippen molar-refractivity contribution in [3.05, 3.63) is 42.0 Å². The van der Waals surface area contributed by atoms with Crippen molar-refractivity contribution in [1.82, 2.24) is 15.5 Å². The molecule has 0 saturated carbocycles. The van der Waals surface area contributed by atoms with Gasteiger partial charge in [0.05, 0.1) is 0 Å². The van der Waals surface area contributed by atoms with Crippen LogP contribution in [0.1, 0.15) is 31.7 Å². The second-order valence-corrected chi connectivity index (χ2v) is 6.51. The molecule has 1 unspecified atom stereocenters. The molecular formula is C19H25N3O2. The maximum absolute atomic E-state index is 13.0. The fourth-order valence-corrected chi connectivity index (χ4v) is 3.79. The summed E-state index contributed by atoms with van der Waals surface area (Å²) in [6.45, 7) is 4.11. The van der Waals surface area contributed by atoms with Crippen molar-refractivity contribution in [2.24, 2.45) is 5.92 Å². The molecule has 2 heterocycles. The van der Waals surface area contributed by atoms with Gasteiger partial charge < -0.3 is 10.6 Å². The van der Waals surface area contributed by atoms with Crippen molar-refractivity contribution in [2.75, 3.05) is 19.6 Å². The van der Waals surface area contributed by atoms with Gasteiger partial charge in [0.15, 0.2) is 0 Å². The predicted octanol–water partition coefficient (Wildman–Crippen LogP) is 2.40. The van der Waals surface area contributed by atoms with E-state index >= 15 is 0 Å². The number of benzene rings is 1. The van der Waals surface area contributed by atoms with Crippen LogP contribution < -0.4 is 10.6 Å². The van der Waals surface area contributed by atoms with Gasteiger partial charge in [-0.2, -0.15) is 0 Å². The molecule has 2 fully saturated rings. The Bertz CT molecular complexity index is 623. The van der Waals surface area contributed by atoms with Gasteiger partial charge >= 0.3 is 6.03 Å². The zero-order chi connectivity index (χ0) is 17.0. The van der Waals surface area contributed by atoms with E-state index in [0.717, 1.165) is 31.5 Å². The third-order valence-electron chi connectivity index (χ3n) is 5.19. The molecule has 0 aromatic heterocycles. The van der Waals surface area contributed by atoms with Gasteiger partial charge in [-0.05, 0) is 43.8 Å². The summed E-state index contributed by atoms with van der Waals surface area (Å²) in [5, 5.41) is 6.33. The summed E-state index contributed by atoms with van der Waals surface area (Å²) >= 11 is 0. The molecule has 3 amide bonds. The van der Waals surface area contributed by atoms with Gasteiger partial charge in [-0.1, -0.05) is 49.4 Å². The fourth-order valence-electron chi connectivity index (χ4n) is 3.79. The van der Waals surface area contributed by atoms with E-state index in [-0.39, 0.29) is 17.9 Å². The zero-order valence-electron chi connectivity index (χ0n) is 14.1. The molecule has 128 valence electrons. The first-order valence-corrected chi connectivity index (χ1v) is 8.74. The first-order valence-electron chi connectivity index (χ1n) is 8.74. The van der Waals surface area contributed by atoms with E-state index in [9.17, 15) is 9.59 Å². The number of rotatable bonds is 5. The molecule has 2 aliphatic heterocycles. The number of amides is 3. The molecule has 1 atom stereocenters. The van der Waals surface area contributed by atoms with Crippen LogP contribution in [0.2, 0.25) is 0 Å². The van der Waals surface area contributed by atoms with Crippen LogP contribution in [0.3, 0.4) is 0 Å². The number of urea groups is 1. The van der Waals surface area contributed by atoms with Crippen molar-refractivity contribution in [3.63, 3.8) is 0 Å². The van der Waals surface area contributed by atoms with Crippen LogP contribution in [0.5, 0.6) is 0 Å². The second kappa shape index (κ2) is 7.18. The quantitative estimate of drug-likeness (QED) is 0.817. The van der Waals surface area contributed by atoms with Crippen molar-refractivity contribution >= 4 is 18.0 Å².